The Morgan fingerprint density at radius 2 is 1.59 bits per heavy atom. The highest BCUT2D eigenvalue weighted by Crippen LogP contribution is 2.27. The molecule has 162 valence electrons. The summed E-state index contributed by atoms with van der Waals surface area (Å²) in [5.41, 5.74) is 4.06. The third-order valence-electron chi connectivity index (χ3n) is 5.23. The van der Waals surface area contributed by atoms with Crippen molar-refractivity contribution < 1.29 is 9.53 Å². The van der Waals surface area contributed by atoms with Crippen LogP contribution in [-0.4, -0.2) is 18.2 Å². The summed E-state index contributed by atoms with van der Waals surface area (Å²) in [6, 6.07) is 24.8. The van der Waals surface area contributed by atoms with Crippen molar-refractivity contribution in [2.24, 2.45) is 5.10 Å². The first kappa shape index (κ1) is 21.8. The highest BCUT2D eigenvalue weighted by molar-refractivity contribution is 6.33. The van der Waals surface area contributed by atoms with Crippen molar-refractivity contribution in [3.05, 3.63) is 101 Å². The van der Waals surface area contributed by atoms with Crippen LogP contribution in [0.15, 0.2) is 89.5 Å². The average Bonchev–Trinajstić information content (AvgIpc) is 3.09. The summed E-state index contributed by atoms with van der Waals surface area (Å²) in [4.78, 5) is 13.3. The van der Waals surface area contributed by atoms with Gasteiger partial charge in [0.15, 0.2) is 0 Å². The van der Waals surface area contributed by atoms with Gasteiger partial charge in [0.25, 0.3) is 5.91 Å². The normalized spacial score (nSPS) is 15.2. The molecule has 1 heterocycles. The third-order valence-corrected chi connectivity index (χ3v) is 5.48. The quantitative estimate of drug-likeness (QED) is 0.421. The number of rotatable bonds is 5. The number of nitrogens with zero attached hydrogens (tertiary/aromatic N) is 2. The maximum Gasteiger partial charge on any atom is 0.280 e. The van der Waals surface area contributed by atoms with Gasteiger partial charge in [-0.25, -0.2) is 0 Å². The zero-order valence-corrected chi connectivity index (χ0v) is 19.1. The molecule has 0 bridgehead atoms. The highest BCUT2D eigenvalue weighted by Gasteiger charge is 2.31. The van der Waals surface area contributed by atoms with Crippen molar-refractivity contribution >= 4 is 35.0 Å². The number of hydrazone groups is 1. The van der Waals surface area contributed by atoms with E-state index in [0.717, 1.165) is 5.56 Å². The predicted molar refractivity (Wildman–Crippen MR) is 131 cm³/mol. The van der Waals surface area contributed by atoms with Crippen molar-refractivity contribution in [1.29, 1.82) is 0 Å². The van der Waals surface area contributed by atoms with Gasteiger partial charge < -0.3 is 4.74 Å². The first-order valence-corrected chi connectivity index (χ1v) is 10.9. The second-order valence-electron chi connectivity index (χ2n) is 8.67. The topological polar surface area (TPSA) is 41.9 Å². The lowest BCUT2D eigenvalue weighted by atomic mass is 9.86. The number of hydrogen-bond donors (Lipinski definition) is 0. The SMILES string of the molecule is CC(C)(C)c1ccc(C=C2C(=O)N(c3ccccc3)N=C2COc2ccc(Cl)cc2)cc1. The van der Waals surface area contributed by atoms with Crippen LogP contribution in [0, 0.1) is 0 Å². The summed E-state index contributed by atoms with van der Waals surface area (Å²) in [7, 11) is 0. The molecule has 0 radical (unpaired) electrons. The molecule has 0 aromatic heterocycles. The van der Waals surface area contributed by atoms with Crippen LogP contribution in [0.4, 0.5) is 5.69 Å². The summed E-state index contributed by atoms with van der Waals surface area (Å²) in [5, 5.41) is 6.65. The fraction of sp³-hybridized carbons (Fsp3) is 0.185. The van der Waals surface area contributed by atoms with Gasteiger partial charge in [-0.05, 0) is 59.0 Å². The van der Waals surface area contributed by atoms with E-state index in [0.29, 0.717) is 27.7 Å². The smallest absolute Gasteiger partial charge is 0.280 e. The molecule has 0 saturated carbocycles. The van der Waals surface area contributed by atoms with E-state index in [1.54, 1.807) is 24.3 Å². The van der Waals surface area contributed by atoms with Crippen molar-refractivity contribution in [3.8, 4) is 5.75 Å². The van der Waals surface area contributed by atoms with Crippen LogP contribution in [-0.2, 0) is 10.2 Å². The van der Waals surface area contributed by atoms with Crippen LogP contribution < -0.4 is 9.75 Å². The Bertz CT molecular complexity index is 1160. The number of carbonyl (C=O) groups is 1. The molecule has 4 rings (SSSR count). The Labute approximate surface area is 193 Å². The molecule has 5 heteroatoms. The molecule has 32 heavy (non-hydrogen) atoms. The monoisotopic (exact) mass is 444 g/mol. The van der Waals surface area contributed by atoms with Gasteiger partial charge in [-0.2, -0.15) is 10.1 Å². The molecule has 0 aliphatic carbocycles. The number of ether oxygens (including phenoxy) is 1. The van der Waals surface area contributed by atoms with Crippen molar-refractivity contribution in [3.63, 3.8) is 0 Å². The van der Waals surface area contributed by atoms with Crippen LogP contribution in [0.3, 0.4) is 0 Å². The van der Waals surface area contributed by atoms with Gasteiger partial charge in [-0.15, -0.1) is 0 Å². The lowest BCUT2D eigenvalue weighted by molar-refractivity contribution is -0.114. The number of anilines is 1. The fourth-order valence-corrected chi connectivity index (χ4v) is 3.51. The molecule has 0 saturated heterocycles. The molecule has 0 N–H and O–H groups in total. The van der Waals surface area contributed by atoms with E-state index >= 15 is 0 Å². The van der Waals surface area contributed by atoms with Gasteiger partial charge in [0, 0.05) is 5.02 Å². The molecule has 3 aromatic rings. The van der Waals surface area contributed by atoms with Gasteiger partial charge in [0.05, 0.1) is 11.3 Å². The zero-order chi connectivity index (χ0) is 22.7. The lowest BCUT2D eigenvalue weighted by Crippen LogP contribution is -2.21. The number of halogens is 1. The van der Waals surface area contributed by atoms with Gasteiger partial charge in [-0.3, -0.25) is 4.79 Å². The van der Waals surface area contributed by atoms with E-state index in [1.165, 1.54) is 10.6 Å². The Morgan fingerprint density at radius 3 is 2.22 bits per heavy atom. The molecule has 1 aliphatic heterocycles. The van der Waals surface area contributed by atoms with Gasteiger partial charge in [0.2, 0.25) is 0 Å². The maximum atomic E-state index is 13.3. The molecule has 0 fully saturated rings. The van der Waals surface area contributed by atoms with E-state index < -0.39 is 0 Å². The Hall–Kier alpha value is -3.37. The summed E-state index contributed by atoms with van der Waals surface area (Å²) in [6.07, 6.45) is 1.88. The van der Waals surface area contributed by atoms with Crippen LogP contribution in [0.2, 0.25) is 5.02 Å². The van der Waals surface area contributed by atoms with Crippen molar-refractivity contribution in [2.75, 3.05) is 11.6 Å². The zero-order valence-electron chi connectivity index (χ0n) is 18.4. The minimum atomic E-state index is -0.175. The molecular formula is C27H25ClN2O2. The van der Waals surface area contributed by atoms with Gasteiger partial charge >= 0.3 is 0 Å². The molecule has 3 aromatic carbocycles. The van der Waals surface area contributed by atoms with E-state index in [-0.39, 0.29) is 17.9 Å². The molecular weight excluding hydrogens is 420 g/mol. The lowest BCUT2D eigenvalue weighted by Gasteiger charge is -2.18. The molecule has 0 atom stereocenters. The minimum Gasteiger partial charge on any atom is -0.487 e. The second-order valence-corrected chi connectivity index (χ2v) is 9.11. The summed E-state index contributed by atoms with van der Waals surface area (Å²) in [6.45, 7) is 6.70. The van der Waals surface area contributed by atoms with E-state index in [2.05, 4.69) is 38.0 Å². The van der Waals surface area contributed by atoms with Crippen LogP contribution in [0.25, 0.3) is 6.08 Å². The summed E-state index contributed by atoms with van der Waals surface area (Å²) < 4.78 is 5.90. The average molecular weight is 445 g/mol. The molecule has 1 aliphatic rings. The number of amides is 1. The van der Waals surface area contributed by atoms with Crippen LogP contribution in [0.1, 0.15) is 31.9 Å². The number of hydrogen-bond acceptors (Lipinski definition) is 3. The predicted octanol–water partition coefficient (Wildman–Crippen LogP) is 6.50. The number of para-hydroxylation sites is 1. The number of benzene rings is 3. The first-order valence-electron chi connectivity index (χ1n) is 10.5. The summed E-state index contributed by atoms with van der Waals surface area (Å²) in [5.74, 6) is 0.488. The molecule has 4 nitrogen and oxygen atoms in total. The van der Waals surface area contributed by atoms with E-state index in [9.17, 15) is 4.79 Å². The Balaban J connectivity index is 1.64. The van der Waals surface area contributed by atoms with Crippen molar-refractivity contribution in [2.45, 2.75) is 26.2 Å². The Kier molecular flexibility index (Phi) is 6.15. The standard InChI is InChI=1S/C27H25ClN2O2/c1-27(2,3)20-11-9-19(10-12-20)17-24-25(18-32-23-15-13-21(28)14-16-23)29-30(26(24)31)22-7-5-4-6-8-22/h4-17H,18H2,1-3H3. The largest absolute Gasteiger partial charge is 0.487 e. The molecule has 1 amide bonds. The van der Waals surface area contributed by atoms with Gasteiger partial charge in [0.1, 0.15) is 18.1 Å². The van der Waals surface area contributed by atoms with Crippen LogP contribution in [0.5, 0.6) is 5.75 Å². The molecule has 0 spiro atoms. The highest BCUT2D eigenvalue weighted by atomic mass is 35.5. The van der Waals surface area contributed by atoms with E-state index in [4.69, 9.17) is 16.3 Å². The summed E-state index contributed by atoms with van der Waals surface area (Å²) >= 11 is 5.96. The van der Waals surface area contributed by atoms with Gasteiger partial charge in [-0.1, -0.05) is 74.8 Å². The second kappa shape index (κ2) is 9.01. The van der Waals surface area contributed by atoms with Crippen LogP contribution >= 0.6 is 11.6 Å². The maximum absolute atomic E-state index is 13.3. The minimum absolute atomic E-state index is 0.0675. The van der Waals surface area contributed by atoms with Crippen molar-refractivity contribution in [1.82, 2.24) is 0 Å². The first-order chi connectivity index (χ1) is 15.3. The van der Waals surface area contributed by atoms with E-state index in [1.807, 2.05) is 48.5 Å². The third kappa shape index (κ3) is 4.92. The number of carbonyl (C=O) groups excluding carboxylic acids is 1. The molecule has 0 unspecified atom stereocenters. The Morgan fingerprint density at radius 1 is 0.938 bits per heavy atom. The fourth-order valence-electron chi connectivity index (χ4n) is 3.38.